The Morgan fingerprint density at radius 2 is 1.97 bits per heavy atom. The first-order valence-electron chi connectivity index (χ1n) is 11.0. The maximum Gasteiger partial charge on any atom is 0.416 e. The van der Waals surface area contributed by atoms with Crippen molar-refractivity contribution < 1.29 is 27.5 Å². The van der Waals surface area contributed by atoms with Crippen LogP contribution in [0.1, 0.15) is 38.7 Å². The summed E-state index contributed by atoms with van der Waals surface area (Å²) in [6.07, 6.45) is -2.50. The highest BCUT2D eigenvalue weighted by molar-refractivity contribution is 8.01. The van der Waals surface area contributed by atoms with Crippen molar-refractivity contribution in [2.45, 2.75) is 55.5 Å². The second-order valence-electron chi connectivity index (χ2n) is 8.10. The van der Waals surface area contributed by atoms with Gasteiger partial charge in [0, 0.05) is 37.0 Å². The van der Waals surface area contributed by atoms with E-state index in [2.05, 4.69) is 29.4 Å². The third-order valence-electron chi connectivity index (χ3n) is 6.11. The molecule has 2 aliphatic rings. The molecule has 1 fully saturated rings. The van der Waals surface area contributed by atoms with E-state index in [1.54, 1.807) is 0 Å². The summed E-state index contributed by atoms with van der Waals surface area (Å²) in [5, 5.41) is 4.82. The average Bonchev–Trinajstić information content (AvgIpc) is 2.76. The SMILES string of the molecule is CCC(CC)[C@H](CNC(=O)C[C@@H]1Sc2ccc(C(F)(F)F)cc2NC1=O)N1CCOCC1. The van der Waals surface area contributed by atoms with Gasteiger partial charge in [-0.25, -0.2) is 0 Å². The van der Waals surface area contributed by atoms with E-state index in [4.69, 9.17) is 4.74 Å². The molecule has 2 amide bonds. The highest BCUT2D eigenvalue weighted by Gasteiger charge is 2.34. The summed E-state index contributed by atoms with van der Waals surface area (Å²) >= 11 is 1.12. The number of nitrogens with zero attached hydrogens (tertiary/aromatic N) is 1. The number of anilines is 1. The van der Waals surface area contributed by atoms with Crippen LogP contribution in [0.5, 0.6) is 0 Å². The van der Waals surface area contributed by atoms with Crippen LogP contribution in [0.15, 0.2) is 23.1 Å². The summed E-state index contributed by atoms with van der Waals surface area (Å²) in [5.41, 5.74) is -0.684. The molecule has 0 bridgehead atoms. The van der Waals surface area contributed by atoms with Crippen LogP contribution in [-0.4, -0.2) is 60.9 Å². The molecule has 1 saturated heterocycles. The van der Waals surface area contributed by atoms with Crippen LogP contribution >= 0.6 is 11.8 Å². The number of ether oxygens (including phenoxy) is 1. The zero-order valence-electron chi connectivity index (χ0n) is 18.3. The maximum absolute atomic E-state index is 12.9. The molecule has 3 rings (SSSR count). The zero-order chi connectivity index (χ0) is 23.3. The van der Waals surface area contributed by atoms with Gasteiger partial charge < -0.3 is 15.4 Å². The fourth-order valence-corrected chi connectivity index (χ4v) is 5.35. The summed E-state index contributed by atoms with van der Waals surface area (Å²) in [5.74, 6) is -0.255. The molecule has 0 aromatic heterocycles. The molecule has 0 radical (unpaired) electrons. The molecule has 1 aromatic rings. The molecule has 1 aromatic carbocycles. The van der Waals surface area contributed by atoms with E-state index in [-0.39, 0.29) is 24.1 Å². The molecule has 178 valence electrons. The Hall–Kier alpha value is -1.78. The Morgan fingerprint density at radius 1 is 1.28 bits per heavy atom. The van der Waals surface area contributed by atoms with Crippen LogP contribution in [0.2, 0.25) is 0 Å². The van der Waals surface area contributed by atoms with Crippen LogP contribution in [0.25, 0.3) is 0 Å². The van der Waals surface area contributed by atoms with Gasteiger partial charge in [0.1, 0.15) is 0 Å². The minimum atomic E-state index is -4.48. The van der Waals surface area contributed by atoms with Crippen LogP contribution in [0.3, 0.4) is 0 Å². The van der Waals surface area contributed by atoms with E-state index in [0.29, 0.717) is 30.6 Å². The van der Waals surface area contributed by atoms with Gasteiger partial charge in [-0.05, 0) is 24.1 Å². The Kier molecular flexibility index (Phi) is 8.46. The molecule has 6 nitrogen and oxygen atoms in total. The lowest BCUT2D eigenvalue weighted by atomic mass is 9.92. The molecule has 10 heteroatoms. The van der Waals surface area contributed by atoms with Crippen molar-refractivity contribution in [3.63, 3.8) is 0 Å². The number of benzene rings is 1. The number of nitrogens with one attached hydrogen (secondary N) is 2. The number of carbonyl (C=O) groups excluding carboxylic acids is 2. The summed E-state index contributed by atoms with van der Waals surface area (Å²) < 4.78 is 44.2. The van der Waals surface area contributed by atoms with Crippen molar-refractivity contribution in [2.24, 2.45) is 5.92 Å². The Balaban J connectivity index is 1.59. The van der Waals surface area contributed by atoms with Gasteiger partial charge in [0.2, 0.25) is 11.8 Å². The Morgan fingerprint density at radius 3 is 2.59 bits per heavy atom. The van der Waals surface area contributed by atoms with Crippen molar-refractivity contribution in [3.05, 3.63) is 23.8 Å². The number of hydrogen-bond acceptors (Lipinski definition) is 5. The predicted octanol–water partition coefficient (Wildman–Crippen LogP) is 3.76. The van der Waals surface area contributed by atoms with Gasteiger partial charge in [0.15, 0.2) is 0 Å². The number of amides is 2. The monoisotopic (exact) mass is 473 g/mol. The molecular formula is C22H30F3N3O3S. The molecule has 2 aliphatic heterocycles. The van der Waals surface area contributed by atoms with Crippen molar-refractivity contribution in [1.82, 2.24) is 10.2 Å². The first kappa shape index (κ1) is 24.9. The second-order valence-corrected chi connectivity index (χ2v) is 9.35. The first-order chi connectivity index (χ1) is 15.2. The smallest absolute Gasteiger partial charge is 0.379 e. The number of rotatable bonds is 8. The lowest BCUT2D eigenvalue weighted by Crippen LogP contribution is -2.52. The predicted molar refractivity (Wildman–Crippen MR) is 118 cm³/mol. The van der Waals surface area contributed by atoms with Crippen LogP contribution in [0, 0.1) is 5.92 Å². The van der Waals surface area contributed by atoms with E-state index in [1.807, 2.05) is 0 Å². The number of hydrogen-bond donors (Lipinski definition) is 2. The standard InChI is InChI=1S/C22H30F3N3O3S/c1-3-14(4-2)17(28-7-9-31-10-8-28)13-26-20(29)12-19-21(30)27-16-11-15(22(23,24)25)5-6-18(16)32-19/h5-6,11,14,17,19H,3-4,7-10,12-13H2,1-2H3,(H,26,29)(H,27,30)/t17-,19-/m0/s1. The third-order valence-corrected chi connectivity index (χ3v) is 7.39. The Labute approximate surface area is 190 Å². The lowest BCUT2D eigenvalue weighted by Gasteiger charge is -2.39. The molecule has 2 N–H and O–H groups in total. The van der Waals surface area contributed by atoms with Crippen LogP contribution in [0.4, 0.5) is 18.9 Å². The number of thioether (sulfide) groups is 1. The van der Waals surface area contributed by atoms with Crippen LogP contribution < -0.4 is 10.6 Å². The minimum absolute atomic E-state index is 0.0320. The van der Waals surface area contributed by atoms with Gasteiger partial charge in [-0.15, -0.1) is 11.8 Å². The molecule has 0 spiro atoms. The molecular weight excluding hydrogens is 443 g/mol. The number of carbonyl (C=O) groups is 2. The van der Waals surface area contributed by atoms with Gasteiger partial charge in [-0.1, -0.05) is 26.7 Å². The van der Waals surface area contributed by atoms with Gasteiger partial charge in [-0.3, -0.25) is 14.5 Å². The summed E-state index contributed by atoms with van der Waals surface area (Å²) in [7, 11) is 0. The highest BCUT2D eigenvalue weighted by Crippen LogP contribution is 2.40. The summed E-state index contributed by atoms with van der Waals surface area (Å²) in [6.45, 7) is 7.80. The van der Waals surface area contributed by atoms with E-state index < -0.39 is 22.9 Å². The largest absolute Gasteiger partial charge is 0.416 e. The van der Waals surface area contributed by atoms with Crippen molar-refractivity contribution in [3.8, 4) is 0 Å². The van der Waals surface area contributed by atoms with Crippen molar-refractivity contribution in [1.29, 1.82) is 0 Å². The molecule has 2 atom stereocenters. The minimum Gasteiger partial charge on any atom is -0.379 e. The zero-order valence-corrected chi connectivity index (χ0v) is 19.2. The van der Waals surface area contributed by atoms with E-state index in [1.165, 1.54) is 6.07 Å². The van der Waals surface area contributed by atoms with E-state index in [9.17, 15) is 22.8 Å². The lowest BCUT2D eigenvalue weighted by molar-refractivity contribution is -0.137. The van der Waals surface area contributed by atoms with Gasteiger partial charge in [-0.2, -0.15) is 13.2 Å². The molecule has 0 unspecified atom stereocenters. The third kappa shape index (κ3) is 6.17. The summed E-state index contributed by atoms with van der Waals surface area (Å²) in [4.78, 5) is 28.0. The summed E-state index contributed by atoms with van der Waals surface area (Å²) in [6, 6.07) is 3.46. The van der Waals surface area contributed by atoms with E-state index >= 15 is 0 Å². The van der Waals surface area contributed by atoms with Gasteiger partial charge in [0.05, 0.1) is 29.7 Å². The van der Waals surface area contributed by atoms with E-state index in [0.717, 1.165) is 49.8 Å². The quantitative estimate of drug-likeness (QED) is 0.602. The van der Waals surface area contributed by atoms with Gasteiger partial charge in [0.25, 0.3) is 0 Å². The maximum atomic E-state index is 12.9. The topological polar surface area (TPSA) is 70.7 Å². The number of morpholine rings is 1. The normalized spacial score (nSPS) is 20.6. The molecule has 0 aliphatic carbocycles. The number of halogens is 3. The van der Waals surface area contributed by atoms with Gasteiger partial charge >= 0.3 is 6.18 Å². The molecule has 32 heavy (non-hydrogen) atoms. The molecule has 2 heterocycles. The highest BCUT2D eigenvalue weighted by atomic mass is 32.2. The number of fused-ring (bicyclic) bond motifs is 1. The van der Waals surface area contributed by atoms with Crippen molar-refractivity contribution in [2.75, 3.05) is 38.2 Å². The Bertz CT molecular complexity index is 811. The average molecular weight is 474 g/mol. The second kappa shape index (κ2) is 10.9. The van der Waals surface area contributed by atoms with Crippen molar-refractivity contribution >= 4 is 29.3 Å². The fraction of sp³-hybridized carbons (Fsp3) is 0.636. The fourth-order valence-electron chi connectivity index (χ4n) is 4.26. The molecule has 0 saturated carbocycles. The number of alkyl halides is 3. The van der Waals surface area contributed by atoms with Crippen LogP contribution in [-0.2, 0) is 20.5 Å². The first-order valence-corrected chi connectivity index (χ1v) is 11.9.